The number of pyridine rings is 1. The van der Waals surface area contributed by atoms with Crippen molar-refractivity contribution in [1.29, 1.82) is 10.5 Å². The lowest BCUT2D eigenvalue weighted by molar-refractivity contribution is 0.669. The summed E-state index contributed by atoms with van der Waals surface area (Å²) in [5.41, 5.74) is 11.6. The maximum absolute atomic E-state index is 10.2. The monoisotopic (exact) mass is 625 g/mol. The Morgan fingerprint density at radius 3 is 2.20 bits per heavy atom. The molecule has 0 atom stereocenters. The topological polar surface area (TPSA) is 83.5 Å². The molecule has 6 nitrogen and oxygen atoms in total. The quantitative estimate of drug-likeness (QED) is 0.196. The Labute approximate surface area is 279 Å². The largest absolute Gasteiger partial charge is 0.456 e. The van der Waals surface area contributed by atoms with Crippen molar-refractivity contribution in [2.75, 3.05) is 0 Å². The third-order valence-corrected chi connectivity index (χ3v) is 9.57. The molecule has 0 aliphatic heterocycles. The Hall–Kier alpha value is -7.15. The molecule has 0 spiro atoms. The standard InChI is InChI=1S/C43H23N5O/c44-24-26-14-16-37-35(21-26)32-9-1-3-11-36(32)47(37)31-20-27(25-45)19-29(23-31)28-7-5-8-30(22-28)48-38-12-6-18-46-42(38)34-15-17-40-41(43(34)48)33-10-2-4-13-39(33)49-40/h1-23H. The van der Waals surface area contributed by atoms with E-state index in [-0.39, 0.29) is 0 Å². The van der Waals surface area contributed by atoms with Gasteiger partial charge in [-0.25, -0.2) is 0 Å². The van der Waals surface area contributed by atoms with Gasteiger partial charge < -0.3 is 13.6 Å². The molecule has 10 aromatic rings. The zero-order valence-corrected chi connectivity index (χ0v) is 25.9. The highest BCUT2D eigenvalue weighted by molar-refractivity contribution is 6.23. The highest BCUT2D eigenvalue weighted by Gasteiger charge is 2.20. The molecule has 0 unspecified atom stereocenters. The van der Waals surface area contributed by atoms with E-state index in [4.69, 9.17) is 9.40 Å². The van der Waals surface area contributed by atoms with Crippen LogP contribution in [0.1, 0.15) is 11.1 Å². The predicted octanol–water partition coefficient (Wildman–Crippen LogP) is 10.6. The third-order valence-electron chi connectivity index (χ3n) is 9.57. The van der Waals surface area contributed by atoms with Gasteiger partial charge in [-0.3, -0.25) is 4.98 Å². The van der Waals surface area contributed by atoms with Crippen LogP contribution in [0.3, 0.4) is 0 Å². The molecule has 0 radical (unpaired) electrons. The van der Waals surface area contributed by atoms with E-state index < -0.39 is 0 Å². The number of furan rings is 1. The molecule has 4 aromatic heterocycles. The molecular formula is C43H23N5O. The maximum atomic E-state index is 10.2. The van der Waals surface area contributed by atoms with Crippen molar-refractivity contribution in [1.82, 2.24) is 14.1 Å². The van der Waals surface area contributed by atoms with Gasteiger partial charge in [-0.05, 0) is 96.1 Å². The SMILES string of the molecule is N#Cc1cc(-c2cccc(-n3c4cccnc4c4ccc5oc6ccccc6c5c43)c2)cc(-n2c3ccccc3c3cc(C#N)ccc32)c1. The molecule has 0 bridgehead atoms. The van der Waals surface area contributed by atoms with Crippen molar-refractivity contribution < 1.29 is 4.42 Å². The Morgan fingerprint density at radius 2 is 1.31 bits per heavy atom. The second-order valence-corrected chi connectivity index (χ2v) is 12.3. The summed E-state index contributed by atoms with van der Waals surface area (Å²) in [5, 5.41) is 25.1. The summed E-state index contributed by atoms with van der Waals surface area (Å²) < 4.78 is 10.8. The lowest BCUT2D eigenvalue weighted by Gasteiger charge is -2.13. The Balaban J connectivity index is 1.22. The molecule has 0 saturated heterocycles. The zero-order chi connectivity index (χ0) is 32.6. The summed E-state index contributed by atoms with van der Waals surface area (Å²) in [6.45, 7) is 0. The molecule has 4 heterocycles. The minimum absolute atomic E-state index is 0.560. The van der Waals surface area contributed by atoms with Crippen molar-refractivity contribution >= 4 is 65.7 Å². The van der Waals surface area contributed by atoms with E-state index in [1.54, 1.807) is 0 Å². The number of rotatable bonds is 3. The number of para-hydroxylation sites is 2. The number of nitrogens with zero attached hydrogens (tertiary/aromatic N) is 5. The summed E-state index contributed by atoms with van der Waals surface area (Å²) in [7, 11) is 0. The van der Waals surface area contributed by atoms with Crippen molar-refractivity contribution in [2.24, 2.45) is 0 Å². The van der Waals surface area contributed by atoms with Gasteiger partial charge in [0, 0.05) is 39.1 Å². The van der Waals surface area contributed by atoms with E-state index in [2.05, 4.69) is 81.9 Å². The second kappa shape index (κ2) is 10.2. The molecule has 10 rings (SSSR count). The molecule has 0 amide bonds. The predicted molar refractivity (Wildman–Crippen MR) is 195 cm³/mol. The molecule has 49 heavy (non-hydrogen) atoms. The third kappa shape index (κ3) is 3.89. The molecular weight excluding hydrogens is 603 g/mol. The highest BCUT2D eigenvalue weighted by Crippen LogP contribution is 2.41. The van der Waals surface area contributed by atoms with E-state index in [9.17, 15) is 10.5 Å². The average molecular weight is 626 g/mol. The number of hydrogen-bond donors (Lipinski definition) is 0. The minimum atomic E-state index is 0.560. The molecule has 0 fully saturated rings. The number of aromatic nitrogens is 3. The van der Waals surface area contributed by atoms with Crippen LogP contribution in [0.25, 0.3) is 88.2 Å². The fourth-order valence-corrected chi connectivity index (χ4v) is 7.51. The fourth-order valence-electron chi connectivity index (χ4n) is 7.51. The number of fused-ring (bicyclic) bond motifs is 10. The van der Waals surface area contributed by atoms with Crippen molar-refractivity contribution in [3.8, 4) is 34.6 Å². The first-order valence-corrected chi connectivity index (χ1v) is 16.0. The van der Waals surface area contributed by atoms with Crippen LogP contribution in [0, 0.1) is 22.7 Å². The highest BCUT2D eigenvalue weighted by atomic mass is 16.3. The van der Waals surface area contributed by atoms with E-state index in [0.29, 0.717) is 11.1 Å². The second-order valence-electron chi connectivity index (χ2n) is 12.3. The Kier molecular flexibility index (Phi) is 5.61. The van der Waals surface area contributed by atoms with Gasteiger partial charge in [0.2, 0.25) is 0 Å². The van der Waals surface area contributed by atoms with Crippen LogP contribution in [-0.2, 0) is 0 Å². The first-order valence-electron chi connectivity index (χ1n) is 16.0. The molecule has 0 saturated carbocycles. The van der Waals surface area contributed by atoms with Crippen LogP contribution in [0.5, 0.6) is 0 Å². The van der Waals surface area contributed by atoms with E-state index in [1.807, 2.05) is 79.0 Å². The van der Waals surface area contributed by atoms with Gasteiger partial charge in [0.05, 0.1) is 56.2 Å². The molecule has 6 aromatic carbocycles. The smallest absolute Gasteiger partial charge is 0.137 e. The van der Waals surface area contributed by atoms with E-state index >= 15 is 0 Å². The van der Waals surface area contributed by atoms with Crippen molar-refractivity contribution in [3.63, 3.8) is 0 Å². The summed E-state index contributed by atoms with van der Waals surface area (Å²) in [6.07, 6.45) is 1.84. The molecule has 0 aliphatic carbocycles. The van der Waals surface area contributed by atoms with Gasteiger partial charge in [-0.15, -0.1) is 0 Å². The van der Waals surface area contributed by atoms with Crippen LogP contribution in [0.2, 0.25) is 0 Å². The Morgan fingerprint density at radius 1 is 0.510 bits per heavy atom. The van der Waals surface area contributed by atoms with Gasteiger partial charge >= 0.3 is 0 Å². The summed E-state index contributed by atoms with van der Waals surface area (Å²) in [6, 6.07) is 49.5. The maximum Gasteiger partial charge on any atom is 0.137 e. The van der Waals surface area contributed by atoms with Crippen LogP contribution in [0.15, 0.2) is 144 Å². The summed E-state index contributed by atoms with van der Waals surface area (Å²) in [5.74, 6) is 0. The van der Waals surface area contributed by atoms with Gasteiger partial charge in [0.15, 0.2) is 0 Å². The lowest BCUT2D eigenvalue weighted by Crippen LogP contribution is -1.97. The average Bonchev–Trinajstić information content (AvgIpc) is 3.82. The zero-order valence-electron chi connectivity index (χ0n) is 25.9. The van der Waals surface area contributed by atoms with Crippen LogP contribution >= 0.6 is 0 Å². The summed E-state index contributed by atoms with van der Waals surface area (Å²) in [4.78, 5) is 4.82. The minimum Gasteiger partial charge on any atom is -0.456 e. The van der Waals surface area contributed by atoms with Gasteiger partial charge in [0.1, 0.15) is 11.2 Å². The number of hydrogen-bond acceptors (Lipinski definition) is 4. The first-order chi connectivity index (χ1) is 24.2. The van der Waals surface area contributed by atoms with Gasteiger partial charge in [-0.1, -0.05) is 48.5 Å². The van der Waals surface area contributed by atoms with Crippen LogP contribution < -0.4 is 0 Å². The number of benzene rings is 6. The summed E-state index contributed by atoms with van der Waals surface area (Å²) >= 11 is 0. The lowest BCUT2D eigenvalue weighted by atomic mass is 10.0. The van der Waals surface area contributed by atoms with Crippen molar-refractivity contribution in [3.05, 3.63) is 151 Å². The molecule has 0 aliphatic rings. The Bertz CT molecular complexity index is 3090. The van der Waals surface area contributed by atoms with E-state index in [0.717, 1.165) is 88.2 Å². The van der Waals surface area contributed by atoms with Crippen LogP contribution in [0.4, 0.5) is 0 Å². The van der Waals surface area contributed by atoms with Gasteiger partial charge in [0.25, 0.3) is 0 Å². The van der Waals surface area contributed by atoms with Gasteiger partial charge in [-0.2, -0.15) is 10.5 Å². The fraction of sp³-hybridized carbons (Fsp3) is 0. The van der Waals surface area contributed by atoms with Crippen LogP contribution in [-0.4, -0.2) is 14.1 Å². The molecule has 6 heteroatoms. The molecule has 0 N–H and O–H groups in total. The van der Waals surface area contributed by atoms with E-state index in [1.165, 1.54) is 0 Å². The normalized spacial score (nSPS) is 11.6. The number of nitriles is 2. The first kappa shape index (κ1) is 27.0. The molecule has 226 valence electrons. The van der Waals surface area contributed by atoms with Crippen molar-refractivity contribution in [2.45, 2.75) is 0 Å².